The predicted molar refractivity (Wildman–Crippen MR) is 75.3 cm³/mol. The zero-order valence-corrected chi connectivity index (χ0v) is 12.4. The number of aliphatic hydroxyl groups is 1. The Morgan fingerprint density at radius 2 is 2.19 bits per heavy atom. The third kappa shape index (κ3) is 3.72. The maximum Gasteiger partial charge on any atom is 0.329 e. The van der Waals surface area contributed by atoms with Crippen LogP contribution in [-0.4, -0.2) is 30.3 Å². The number of aliphatic hydroxyl groups excluding tert-OH is 1. The Morgan fingerprint density at radius 1 is 1.43 bits per heavy atom. The molecule has 110 valence electrons. The van der Waals surface area contributed by atoms with Crippen LogP contribution < -0.4 is 4.72 Å². The largest absolute Gasteiger partial charge is 0.408 e. The second-order valence-electron chi connectivity index (χ2n) is 3.84. The third-order valence-corrected chi connectivity index (χ3v) is 4.08. The van der Waals surface area contributed by atoms with Crippen LogP contribution in [0.1, 0.15) is 11.5 Å². The van der Waals surface area contributed by atoms with Crippen LogP contribution in [0, 0.1) is 18.8 Å². The fourth-order valence-corrected chi connectivity index (χ4v) is 2.92. The van der Waals surface area contributed by atoms with Crippen LogP contribution in [0.4, 0.5) is 6.01 Å². The predicted octanol–water partition coefficient (Wildman–Crippen LogP) is 1.18. The molecule has 0 aliphatic carbocycles. The van der Waals surface area contributed by atoms with Crippen LogP contribution in [0.2, 0.25) is 5.02 Å². The number of aromatic nitrogens is 2. The van der Waals surface area contributed by atoms with E-state index in [9.17, 15) is 8.42 Å². The number of sulfonamides is 1. The van der Waals surface area contributed by atoms with Crippen LogP contribution in [0.15, 0.2) is 27.5 Å². The Balaban J connectivity index is 2.32. The van der Waals surface area contributed by atoms with Crippen molar-refractivity contribution in [1.82, 2.24) is 10.2 Å². The van der Waals surface area contributed by atoms with Gasteiger partial charge in [0.1, 0.15) is 11.5 Å². The molecule has 2 rings (SSSR count). The van der Waals surface area contributed by atoms with E-state index in [1.54, 1.807) is 0 Å². The molecule has 0 fully saturated rings. The lowest BCUT2D eigenvalue weighted by Gasteiger charge is -2.06. The van der Waals surface area contributed by atoms with Crippen LogP contribution in [0.5, 0.6) is 0 Å². The monoisotopic (exact) mass is 327 g/mol. The summed E-state index contributed by atoms with van der Waals surface area (Å²) in [6, 6.07) is 3.92. The normalized spacial score (nSPS) is 10.8. The van der Waals surface area contributed by atoms with Gasteiger partial charge in [0.05, 0.1) is 5.02 Å². The molecule has 0 atom stereocenters. The van der Waals surface area contributed by atoms with Crippen LogP contribution in [0.3, 0.4) is 0 Å². The number of hydrogen-bond donors (Lipinski definition) is 2. The molecular formula is C12H10ClN3O4S. The lowest BCUT2D eigenvalue weighted by Crippen LogP contribution is -2.13. The second kappa shape index (κ2) is 6.13. The molecule has 21 heavy (non-hydrogen) atoms. The number of halogens is 1. The first-order valence-electron chi connectivity index (χ1n) is 5.64. The van der Waals surface area contributed by atoms with Gasteiger partial charge in [-0.15, -0.1) is 5.10 Å². The molecule has 0 amide bonds. The van der Waals surface area contributed by atoms with E-state index >= 15 is 0 Å². The van der Waals surface area contributed by atoms with Crippen LogP contribution in [0.25, 0.3) is 0 Å². The van der Waals surface area contributed by atoms with Crippen molar-refractivity contribution in [1.29, 1.82) is 0 Å². The number of benzene rings is 1. The molecule has 1 aromatic carbocycles. The lowest BCUT2D eigenvalue weighted by atomic mass is 10.2. The molecule has 2 N–H and O–H groups in total. The van der Waals surface area contributed by atoms with Gasteiger partial charge in [0, 0.05) is 12.5 Å². The van der Waals surface area contributed by atoms with E-state index in [1.807, 2.05) is 0 Å². The fraction of sp³-hybridized carbons (Fsp3) is 0.167. The number of hydrogen-bond acceptors (Lipinski definition) is 6. The molecular weight excluding hydrogens is 318 g/mol. The molecule has 0 unspecified atom stereocenters. The van der Waals surface area contributed by atoms with Gasteiger partial charge in [0.15, 0.2) is 0 Å². The Bertz CT molecular complexity index is 821. The summed E-state index contributed by atoms with van der Waals surface area (Å²) in [7, 11) is -3.94. The summed E-state index contributed by atoms with van der Waals surface area (Å²) >= 11 is 5.95. The Hall–Kier alpha value is -2.08. The maximum absolute atomic E-state index is 12.2. The first kappa shape index (κ1) is 15.3. The molecule has 0 aliphatic rings. The molecule has 2 aromatic rings. The topological polar surface area (TPSA) is 105 Å². The van der Waals surface area contributed by atoms with Gasteiger partial charge in [0.2, 0.25) is 5.89 Å². The van der Waals surface area contributed by atoms with Crippen LogP contribution >= 0.6 is 11.6 Å². The van der Waals surface area contributed by atoms with E-state index in [0.717, 1.165) is 0 Å². The second-order valence-corrected chi connectivity index (χ2v) is 5.89. The number of aryl methyl sites for hydroxylation is 1. The summed E-state index contributed by atoms with van der Waals surface area (Å²) in [5.74, 6) is 5.30. The number of nitrogens with one attached hydrogen (secondary N) is 1. The van der Waals surface area contributed by atoms with Crippen molar-refractivity contribution < 1.29 is 17.9 Å². The first-order chi connectivity index (χ1) is 9.92. The van der Waals surface area contributed by atoms with E-state index < -0.39 is 10.0 Å². The van der Waals surface area contributed by atoms with Crippen molar-refractivity contribution in [2.45, 2.75) is 11.8 Å². The van der Waals surface area contributed by atoms with Crippen molar-refractivity contribution in [3.8, 4) is 11.8 Å². The van der Waals surface area contributed by atoms with Crippen LogP contribution in [-0.2, 0) is 10.0 Å². The van der Waals surface area contributed by atoms with E-state index in [2.05, 4.69) is 26.8 Å². The minimum atomic E-state index is -3.94. The molecule has 1 heterocycles. The van der Waals surface area contributed by atoms with Gasteiger partial charge in [-0.05, 0) is 18.2 Å². The first-order valence-corrected chi connectivity index (χ1v) is 7.50. The van der Waals surface area contributed by atoms with Crippen molar-refractivity contribution in [3.63, 3.8) is 0 Å². The molecule has 0 aliphatic heterocycles. The van der Waals surface area contributed by atoms with Gasteiger partial charge >= 0.3 is 6.01 Å². The lowest BCUT2D eigenvalue weighted by molar-refractivity contribution is 0.350. The molecule has 0 radical (unpaired) electrons. The fourth-order valence-electron chi connectivity index (χ4n) is 1.45. The number of nitrogens with zero attached hydrogens (tertiary/aromatic N) is 2. The highest BCUT2D eigenvalue weighted by Crippen LogP contribution is 2.24. The summed E-state index contributed by atoms with van der Waals surface area (Å²) in [6.45, 7) is 1.24. The van der Waals surface area contributed by atoms with E-state index in [0.29, 0.717) is 5.56 Å². The van der Waals surface area contributed by atoms with E-state index in [1.165, 1.54) is 25.1 Å². The highest BCUT2D eigenvalue weighted by atomic mass is 35.5. The SMILES string of the molecule is Cc1nnc(NS(=O)(=O)c2ccc(C#CCO)cc2Cl)o1. The average Bonchev–Trinajstić information content (AvgIpc) is 2.80. The van der Waals surface area contributed by atoms with Gasteiger partial charge in [0.25, 0.3) is 10.0 Å². The molecule has 0 saturated heterocycles. The molecule has 7 nitrogen and oxygen atoms in total. The molecule has 0 saturated carbocycles. The quantitative estimate of drug-likeness (QED) is 0.820. The summed E-state index contributed by atoms with van der Waals surface area (Å²) in [6.07, 6.45) is 0. The van der Waals surface area contributed by atoms with Gasteiger partial charge in [-0.2, -0.15) is 0 Å². The standard InChI is InChI=1S/C12H10ClN3O4S/c1-8-14-15-12(20-8)16-21(18,19)11-5-4-9(3-2-6-17)7-10(11)13/h4-5,7,17H,6H2,1H3,(H,15,16). The molecule has 0 spiro atoms. The highest BCUT2D eigenvalue weighted by Gasteiger charge is 2.20. The van der Waals surface area contributed by atoms with Gasteiger partial charge < -0.3 is 9.52 Å². The maximum atomic E-state index is 12.2. The molecule has 9 heteroatoms. The summed E-state index contributed by atoms with van der Waals surface area (Å²) in [5, 5.41) is 15.7. The number of anilines is 1. The van der Waals surface area contributed by atoms with E-state index in [-0.39, 0.29) is 28.4 Å². The minimum Gasteiger partial charge on any atom is -0.408 e. The van der Waals surface area contributed by atoms with Crippen molar-refractivity contribution >= 4 is 27.6 Å². The van der Waals surface area contributed by atoms with Gasteiger partial charge in [-0.3, -0.25) is 0 Å². The Labute approximate surface area is 126 Å². The summed E-state index contributed by atoms with van der Waals surface area (Å²) < 4.78 is 31.4. The summed E-state index contributed by atoms with van der Waals surface area (Å²) in [5.41, 5.74) is 0.488. The van der Waals surface area contributed by atoms with Crippen molar-refractivity contribution in [2.75, 3.05) is 11.3 Å². The van der Waals surface area contributed by atoms with E-state index in [4.69, 9.17) is 21.1 Å². The smallest absolute Gasteiger partial charge is 0.329 e. The molecule has 0 bridgehead atoms. The van der Waals surface area contributed by atoms with Gasteiger partial charge in [-0.1, -0.05) is 28.5 Å². The highest BCUT2D eigenvalue weighted by molar-refractivity contribution is 7.92. The zero-order valence-electron chi connectivity index (χ0n) is 10.8. The molecule has 1 aromatic heterocycles. The Kier molecular flexibility index (Phi) is 4.47. The van der Waals surface area contributed by atoms with Crippen molar-refractivity contribution in [3.05, 3.63) is 34.7 Å². The minimum absolute atomic E-state index is 0.0107. The Morgan fingerprint density at radius 3 is 2.76 bits per heavy atom. The number of rotatable bonds is 3. The third-order valence-electron chi connectivity index (χ3n) is 2.28. The summed E-state index contributed by atoms with van der Waals surface area (Å²) in [4.78, 5) is -0.144. The van der Waals surface area contributed by atoms with Gasteiger partial charge in [-0.25, -0.2) is 13.1 Å². The zero-order chi connectivity index (χ0) is 15.5. The average molecular weight is 328 g/mol. The van der Waals surface area contributed by atoms with Crippen molar-refractivity contribution in [2.24, 2.45) is 0 Å².